The number of thiocarbonyl (C=S) groups is 1. The van der Waals surface area contributed by atoms with Crippen molar-refractivity contribution in [2.45, 2.75) is 32.7 Å². The van der Waals surface area contributed by atoms with E-state index in [1.165, 1.54) is 12.0 Å². The fourth-order valence-electron chi connectivity index (χ4n) is 3.78. The molecule has 1 atom stereocenters. The minimum atomic E-state index is -0.341. The van der Waals surface area contributed by atoms with Crippen molar-refractivity contribution in [2.75, 3.05) is 17.7 Å². The summed E-state index contributed by atoms with van der Waals surface area (Å²) in [6, 6.07) is 5.40. The molecule has 2 N–H and O–H groups in total. The molecule has 0 saturated carbocycles. The molecule has 168 valence electrons. The van der Waals surface area contributed by atoms with E-state index in [-0.39, 0.29) is 5.97 Å². The van der Waals surface area contributed by atoms with Crippen LogP contribution in [-0.4, -0.2) is 28.0 Å². The maximum atomic E-state index is 12.5. The van der Waals surface area contributed by atoms with E-state index in [4.69, 9.17) is 40.2 Å². The van der Waals surface area contributed by atoms with Gasteiger partial charge in [0.05, 0.1) is 31.1 Å². The second kappa shape index (κ2) is 9.79. The van der Waals surface area contributed by atoms with Crippen molar-refractivity contribution in [1.82, 2.24) is 9.78 Å². The standard InChI is InChI=1S/C22H22Cl2N4O2S2/c1-12-6-7-14-18(8-12)32-20(19(14)21(29)30-2)27-22(31)26-13-9-25-28(10-13)11-15-16(23)4-3-5-17(15)24/h3-5,9-10,12H,6-8,11H2,1-2H3,(H2,26,27,31)/t12-/m1/s1. The molecule has 10 heteroatoms. The fraction of sp³-hybridized carbons (Fsp3) is 0.318. The number of thiophene rings is 1. The van der Waals surface area contributed by atoms with Crippen molar-refractivity contribution in [3.63, 3.8) is 0 Å². The Morgan fingerprint density at radius 1 is 1.34 bits per heavy atom. The maximum Gasteiger partial charge on any atom is 0.341 e. The van der Waals surface area contributed by atoms with E-state index < -0.39 is 0 Å². The third-order valence-corrected chi connectivity index (χ3v) is 7.48. The third-order valence-electron chi connectivity index (χ3n) is 5.40. The summed E-state index contributed by atoms with van der Waals surface area (Å²) in [5.41, 5.74) is 3.18. The number of rotatable bonds is 5. The number of benzene rings is 1. The number of fused-ring (bicyclic) bond motifs is 1. The molecule has 2 aromatic heterocycles. The number of carbonyl (C=O) groups excluding carboxylic acids is 1. The van der Waals surface area contributed by atoms with Crippen LogP contribution in [0.15, 0.2) is 30.6 Å². The zero-order valence-corrected chi connectivity index (χ0v) is 20.7. The predicted molar refractivity (Wildman–Crippen MR) is 134 cm³/mol. The fourth-order valence-corrected chi connectivity index (χ4v) is 5.99. The first-order valence-electron chi connectivity index (χ1n) is 10.1. The molecule has 3 aromatic rings. The third kappa shape index (κ3) is 4.93. The van der Waals surface area contributed by atoms with Crippen molar-refractivity contribution in [2.24, 2.45) is 5.92 Å². The molecule has 0 radical (unpaired) electrons. The van der Waals surface area contributed by atoms with Crippen LogP contribution in [-0.2, 0) is 24.1 Å². The van der Waals surface area contributed by atoms with E-state index >= 15 is 0 Å². The normalized spacial score (nSPS) is 15.2. The van der Waals surface area contributed by atoms with E-state index in [0.717, 1.165) is 30.4 Å². The minimum absolute atomic E-state index is 0.341. The Morgan fingerprint density at radius 2 is 2.09 bits per heavy atom. The maximum absolute atomic E-state index is 12.5. The van der Waals surface area contributed by atoms with Gasteiger partial charge in [-0.05, 0) is 55.1 Å². The second-order valence-corrected chi connectivity index (χ2v) is 10.1. The molecule has 1 aliphatic rings. The topological polar surface area (TPSA) is 68.2 Å². The summed E-state index contributed by atoms with van der Waals surface area (Å²) in [4.78, 5) is 13.7. The van der Waals surface area contributed by atoms with E-state index in [0.29, 0.717) is 43.9 Å². The Morgan fingerprint density at radius 3 is 2.81 bits per heavy atom. The highest BCUT2D eigenvalue weighted by molar-refractivity contribution is 7.80. The highest BCUT2D eigenvalue weighted by Gasteiger charge is 2.28. The Balaban J connectivity index is 1.47. The van der Waals surface area contributed by atoms with Crippen LogP contribution in [0.25, 0.3) is 0 Å². The number of ether oxygens (including phenoxy) is 1. The zero-order valence-electron chi connectivity index (χ0n) is 17.6. The van der Waals surface area contributed by atoms with Gasteiger partial charge >= 0.3 is 5.97 Å². The summed E-state index contributed by atoms with van der Waals surface area (Å²) in [7, 11) is 1.40. The summed E-state index contributed by atoms with van der Waals surface area (Å²) in [6.07, 6.45) is 6.38. The van der Waals surface area contributed by atoms with Crippen LogP contribution in [0.5, 0.6) is 0 Å². The molecule has 32 heavy (non-hydrogen) atoms. The van der Waals surface area contributed by atoms with Gasteiger partial charge in [-0.15, -0.1) is 11.3 Å². The molecule has 0 spiro atoms. The Hall–Kier alpha value is -2.13. The number of halogens is 2. The summed E-state index contributed by atoms with van der Waals surface area (Å²) in [5.74, 6) is 0.258. The molecule has 6 nitrogen and oxygen atoms in total. The molecular weight excluding hydrogens is 487 g/mol. The number of anilines is 2. The van der Waals surface area contributed by atoms with Crippen LogP contribution in [0.4, 0.5) is 10.7 Å². The molecule has 0 unspecified atom stereocenters. The van der Waals surface area contributed by atoms with Gasteiger partial charge in [-0.1, -0.05) is 36.2 Å². The molecule has 4 rings (SSSR count). The monoisotopic (exact) mass is 508 g/mol. The van der Waals surface area contributed by atoms with Crippen molar-refractivity contribution >= 4 is 68.5 Å². The molecule has 0 saturated heterocycles. The van der Waals surface area contributed by atoms with Crippen LogP contribution < -0.4 is 10.6 Å². The van der Waals surface area contributed by atoms with Gasteiger partial charge in [0.1, 0.15) is 5.00 Å². The van der Waals surface area contributed by atoms with E-state index in [1.54, 1.807) is 40.4 Å². The number of aromatic nitrogens is 2. The van der Waals surface area contributed by atoms with Crippen LogP contribution in [0.3, 0.4) is 0 Å². The minimum Gasteiger partial charge on any atom is -0.465 e. The first-order chi connectivity index (χ1) is 15.4. The lowest BCUT2D eigenvalue weighted by atomic mass is 9.88. The molecule has 1 aromatic carbocycles. The lowest BCUT2D eigenvalue weighted by molar-refractivity contribution is 0.0601. The van der Waals surface area contributed by atoms with Gasteiger partial charge < -0.3 is 15.4 Å². The summed E-state index contributed by atoms with van der Waals surface area (Å²) in [6.45, 7) is 2.66. The summed E-state index contributed by atoms with van der Waals surface area (Å²) in [5, 5.41) is 12.9. The van der Waals surface area contributed by atoms with Crippen molar-refractivity contribution in [1.29, 1.82) is 0 Å². The molecule has 1 aliphatic carbocycles. The highest BCUT2D eigenvalue weighted by Crippen LogP contribution is 2.40. The molecule has 2 heterocycles. The average Bonchev–Trinajstić information content (AvgIpc) is 3.33. The van der Waals surface area contributed by atoms with E-state index in [9.17, 15) is 4.79 Å². The van der Waals surface area contributed by atoms with Gasteiger partial charge in [0.15, 0.2) is 5.11 Å². The lowest BCUT2D eigenvalue weighted by Crippen LogP contribution is -2.20. The summed E-state index contributed by atoms with van der Waals surface area (Å²) < 4.78 is 6.76. The lowest BCUT2D eigenvalue weighted by Gasteiger charge is -2.18. The second-order valence-electron chi connectivity index (χ2n) is 7.75. The van der Waals surface area contributed by atoms with Crippen LogP contribution in [0.2, 0.25) is 10.0 Å². The smallest absolute Gasteiger partial charge is 0.341 e. The predicted octanol–water partition coefficient (Wildman–Crippen LogP) is 6.02. The number of methoxy groups -OCH3 is 1. The Kier molecular flexibility index (Phi) is 7.05. The Labute approximate surface area is 205 Å². The molecule has 0 fully saturated rings. The van der Waals surface area contributed by atoms with Gasteiger partial charge in [-0.3, -0.25) is 4.68 Å². The van der Waals surface area contributed by atoms with Crippen molar-refractivity contribution in [3.05, 3.63) is 62.2 Å². The number of nitrogens with zero attached hydrogens (tertiary/aromatic N) is 2. The van der Waals surface area contributed by atoms with Gasteiger partial charge in [0.25, 0.3) is 0 Å². The largest absolute Gasteiger partial charge is 0.465 e. The number of hydrogen-bond acceptors (Lipinski definition) is 5. The quantitative estimate of drug-likeness (QED) is 0.324. The van der Waals surface area contributed by atoms with Gasteiger partial charge in [0, 0.05) is 26.7 Å². The first-order valence-corrected chi connectivity index (χ1v) is 12.1. The van der Waals surface area contributed by atoms with E-state index in [2.05, 4.69) is 22.7 Å². The van der Waals surface area contributed by atoms with E-state index in [1.807, 2.05) is 6.20 Å². The average molecular weight is 509 g/mol. The van der Waals surface area contributed by atoms with Gasteiger partial charge in [0.2, 0.25) is 0 Å². The highest BCUT2D eigenvalue weighted by atomic mass is 35.5. The zero-order chi connectivity index (χ0) is 22.8. The Bertz CT molecular complexity index is 1150. The number of carbonyl (C=O) groups is 1. The molecule has 0 amide bonds. The molecule has 0 aliphatic heterocycles. The number of esters is 1. The van der Waals surface area contributed by atoms with Crippen LogP contribution in [0, 0.1) is 5.92 Å². The number of nitrogens with one attached hydrogen (secondary N) is 2. The SMILES string of the molecule is COC(=O)c1c(NC(=S)Nc2cnn(Cc3c(Cl)cccc3Cl)c2)sc2c1CC[C@@H](C)C2. The van der Waals surface area contributed by atoms with Crippen LogP contribution in [0.1, 0.15) is 39.7 Å². The van der Waals surface area contributed by atoms with Crippen LogP contribution >= 0.6 is 46.8 Å². The molecule has 0 bridgehead atoms. The van der Waals surface area contributed by atoms with Crippen molar-refractivity contribution < 1.29 is 9.53 Å². The number of hydrogen-bond donors (Lipinski definition) is 2. The first kappa shape index (κ1) is 23.0. The molecular formula is C22H22Cl2N4O2S2. The summed E-state index contributed by atoms with van der Waals surface area (Å²) >= 11 is 19.6. The van der Waals surface area contributed by atoms with Crippen molar-refractivity contribution in [3.8, 4) is 0 Å². The van der Waals surface area contributed by atoms with Gasteiger partial charge in [-0.25, -0.2) is 4.79 Å². The van der Waals surface area contributed by atoms with Gasteiger partial charge in [-0.2, -0.15) is 5.10 Å².